The second-order valence-corrected chi connectivity index (χ2v) is 7.27. The van der Waals surface area contributed by atoms with Crippen LogP contribution in [0.1, 0.15) is 56.1 Å². The number of nitrogens with zero attached hydrogens (tertiary/aromatic N) is 1. The first kappa shape index (κ1) is 22.2. The van der Waals surface area contributed by atoms with Gasteiger partial charge in [-0.15, -0.1) is 0 Å². The van der Waals surface area contributed by atoms with Crippen LogP contribution in [-0.4, -0.2) is 42.4 Å². The van der Waals surface area contributed by atoms with Gasteiger partial charge in [-0.2, -0.15) is 13.2 Å². The number of nitrogens with one attached hydrogen (secondary N) is 1. The zero-order valence-electron chi connectivity index (χ0n) is 16.1. The van der Waals surface area contributed by atoms with Crippen molar-refractivity contribution in [1.29, 1.82) is 0 Å². The Kier molecular flexibility index (Phi) is 7.86. The number of nitrogens with two attached hydrogens (primary N) is 1. The molecule has 1 saturated heterocycles. The largest absolute Gasteiger partial charge is 0.416 e. The van der Waals surface area contributed by atoms with Crippen molar-refractivity contribution < 1.29 is 22.8 Å². The number of hydrogen-bond donors (Lipinski definition) is 2. The lowest BCUT2D eigenvalue weighted by molar-refractivity contribution is -0.139. The van der Waals surface area contributed by atoms with E-state index < -0.39 is 17.7 Å². The highest BCUT2D eigenvalue weighted by Crippen LogP contribution is 2.36. The summed E-state index contributed by atoms with van der Waals surface area (Å²) in [6.45, 7) is 2.81. The fourth-order valence-electron chi connectivity index (χ4n) is 3.67. The van der Waals surface area contributed by atoms with Crippen LogP contribution in [0.3, 0.4) is 0 Å². The molecule has 0 aromatic heterocycles. The number of alkyl halides is 3. The predicted molar refractivity (Wildman–Crippen MR) is 101 cm³/mol. The van der Waals surface area contributed by atoms with Crippen molar-refractivity contribution in [3.63, 3.8) is 0 Å². The summed E-state index contributed by atoms with van der Waals surface area (Å²) in [6.07, 6.45) is -1.65. The van der Waals surface area contributed by atoms with E-state index in [9.17, 15) is 22.8 Å². The van der Waals surface area contributed by atoms with Gasteiger partial charge in [0.15, 0.2) is 0 Å². The monoisotopic (exact) mass is 399 g/mol. The van der Waals surface area contributed by atoms with E-state index in [1.54, 1.807) is 17.9 Å². The number of piperidine rings is 1. The molecule has 1 aliphatic heterocycles. The summed E-state index contributed by atoms with van der Waals surface area (Å²) in [4.78, 5) is 26.2. The van der Waals surface area contributed by atoms with Gasteiger partial charge in [0.1, 0.15) is 0 Å². The van der Waals surface area contributed by atoms with Crippen LogP contribution in [0.25, 0.3) is 0 Å². The molecule has 1 aromatic carbocycles. The molecule has 3 N–H and O–H groups in total. The molecule has 2 amide bonds. The third kappa shape index (κ3) is 5.95. The summed E-state index contributed by atoms with van der Waals surface area (Å²) in [5.41, 5.74) is 4.80. The highest BCUT2D eigenvalue weighted by atomic mass is 19.4. The first-order chi connectivity index (χ1) is 13.2. The molecular weight excluding hydrogens is 371 g/mol. The molecule has 5 nitrogen and oxygen atoms in total. The van der Waals surface area contributed by atoms with Gasteiger partial charge in [0, 0.05) is 38.5 Å². The van der Waals surface area contributed by atoms with Crippen molar-refractivity contribution in [3.05, 3.63) is 35.4 Å². The minimum absolute atomic E-state index is 0.000337. The molecule has 28 heavy (non-hydrogen) atoms. The number of carbonyl (C=O) groups is 2. The standard InChI is InChI=1S/C20H28F3N3O2/c1-14(16-7-2-3-8-17(16)20(21,22)23)12-19(28)26-11-5-4-6-15(26)13-25-18(27)9-10-24/h2-3,7-8,14-15H,4-6,9-13,24H2,1H3,(H,25,27). The van der Waals surface area contributed by atoms with Gasteiger partial charge in [0.2, 0.25) is 11.8 Å². The molecule has 0 spiro atoms. The summed E-state index contributed by atoms with van der Waals surface area (Å²) in [5, 5.41) is 2.79. The molecule has 1 heterocycles. The summed E-state index contributed by atoms with van der Waals surface area (Å²) in [7, 11) is 0. The van der Waals surface area contributed by atoms with Crippen LogP contribution in [0.15, 0.2) is 24.3 Å². The van der Waals surface area contributed by atoms with Crippen LogP contribution in [0.5, 0.6) is 0 Å². The second kappa shape index (κ2) is 9.91. The third-order valence-corrected chi connectivity index (χ3v) is 5.13. The van der Waals surface area contributed by atoms with Crippen molar-refractivity contribution in [2.24, 2.45) is 5.73 Å². The van der Waals surface area contributed by atoms with Crippen molar-refractivity contribution in [3.8, 4) is 0 Å². The van der Waals surface area contributed by atoms with Crippen molar-refractivity contribution in [2.75, 3.05) is 19.6 Å². The van der Waals surface area contributed by atoms with Crippen LogP contribution >= 0.6 is 0 Å². The smallest absolute Gasteiger partial charge is 0.354 e. The van der Waals surface area contributed by atoms with Gasteiger partial charge in [-0.25, -0.2) is 0 Å². The molecule has 156 valence electrons. The number of amides is 2. The maximum Gasteiger partial charge on any atom is 0.416 e. The predicted octanol–water partition coefficient (Wildman–Crippen LogP) is 3.05. The summed E-state index contributed by atoms with van der Waals surface area (Å²) >= 11 is 0. The molecular formula is C20H28F3N3O2. The number of hydrogen-bond acceptors (Lipinski definition) is 3. The second-order valence-electron chi connectivity index (χ2n) is 7.27. The molecule has 8 heteroatoms. The van der Waals surface area contributed by atoms with E-state index in [2.05, 4.69) is 5.32 Å². The highest BCUT2D eigenvalue weighted by Gasteiger charge is 2.35. The molecule has 2 unspecified atom stereocenters. The topological polar surface area (TPSA) is 75.4 Å². The number of carbonyl (C=O) groups excluding carboxylic acids is 2. The van der Waals surface area contributed by atoms with Gasteiger partial charge in [0.25, 0.3) is 0 Å². The number of halogens is 3. The minimum atomic E-state index is -4.45. The molecule has 1 aromatic rings. The third-order valence-electron chi connectivity index (χ3n) is 5.13. The quantitative estimate of drug-likeness (QED) is 0.740. The van der Waals surface area contributed by atoms with Crippen LogP contribution in [-0.2, 0) is 15.8 Å². The molecule has 0 radical (unpaired) electrons. The first-order valence-electron chi connectivity index (χ1n) is 9.66. The van der Waals surface area contributed by atoms with Crippen LogP contribution < -0.4 is 11.1 Å². The van der Waals surface area contributed by atoms with Crippen LogP contribution in [0, 0.1) is 0 Å². The van der Waals surface area contributed by atoms with Gasteiger partial charge in [-0.1, -0.05) is 25.1 Å². The van der Waals surface area contributed by atoms with E-state index in [4.69, 9.17) is 5.73 Å². The van der Waals surface area contributed by atoms with Gasteiger partial charge in [-0.05, 0) is 36.8 Å². The first-order valence-corrected chi connectivity index (χ1v) is 9.66. The van der Waals surface area contributed by atoms with Gasteiger partial charge < -0.3 is 16.0 Å². The SMILES string of the molecule is CC(CC(=O)N1CCCCC1CNC(=O)CCN)c1ccccc1C(F)(F)F. The molecule has 1 fully saturated rings. The Labute approximate surface area is 163 Å². The number of benzene rings is 1. The zero-order valence-corrected chi connectivity index (χ0v) is 16.1. The zero-order chi connectivity index (χ0) is 20.7. The van der Waals surface area contributed by atoms with Crippen molar-refractivity contribution in [1.82, 2.24) is 10.2 Å². The molecule has 2 atom stereocenters. The maximum absolute atomic E-state index is 13.3. The fraction of sp³-hybridized carbons (Fsp3) is 0.600. The Morgan fingerprint density at radius 1 is 1.29 bits per heavy atom. The van der Waals surface area contributed by atoms with Gasteiger partial charge >= 0.3 is 6.18 Å². The number of likely N-dealkylation sites (tertiary alicyclic amines) is 1. The minimum Gasteiger partial charge on any atom is -0.354 e. The molecule has 1 aliphatic rings. The molecule has 0 saturated carbocycles. The summed E-state index contributed by atoms with van der Waals surface area (Å²) in [6, 6.07) is 5.26. The molecule has 0 bridgehead atoms. The van der Waals surface area contributed by atoms with E-state index in [0.29, 0.717) is 13.1 Å². The van der Waals surface area contributed by atoms with E-state index in [1.165, 1.54) is 12.1 Å². The van der Waals surface area contributed by atoms with Gasteiger partial charge in [-0.3, -0.25) is 9.59 Å². The lowest BCUT2D eigenvalue weighted by Gasteiger charge is -2.36. The van der Waals surface area contributed by atoms with E-state index >= 15 is 0 Å². The Bertz CT molecular complexity index is 679. The average molecular weight is 399 g/mol. The fourth-order valence-corrected chi connectivity index (χ4v) is 3.67. The highest BCUT2D eigenvalue weighted by molar-refractivity contribution is 5.78. The van der Waals surface area contributed by atoms with Crippen molar-refractivity contribution >= 4 is 11.8 Å². The molecule has 0 aliphatic carbocycles. The Morgan fingerprint density at radius 2 is 2.00 bits per heavy atom. The summed E-state index contributed by atoms with van der Waals surface area (Å²) in [5.74, 6) is -0.894. The average Bonchev–Trinajstić information content (AvgIpc) is 2.66. The lowest BCUT2D eigenvalue weighted by Crippen LogP contribution is -2.49. The van der Waals surface area contributed by atoms with E-state index in [-0.39, 0.29) is 42.8 Å². The van der Waals surface area contributed by atoms with Gasteiger partial charge in [0.05, 0.1) is 5.56 Å². The maximum atomic E-state index is 13.3. The van der Waals surface area contributed by atoms with Crippen LogP contribution in [0.2, 0.25) is 0 Å². The van der Waals surface area contributed by atoms with Crippen molar-refractivity contribution in [2.45, 2.75) is 57.2 Å². The summed E-state index contributed by atoms with van der Waals surface area (Å²) < 4.78 is 39.8. The molecule has 2 rings (SSSR count). The Balaban J connectivity index is 2.05. The van der Waals surface area contributed by atoms with E-state index in [0.717, 1.165) is 25.3 Å². The Morgan fingerprint density at radius 3 is 2.68 bits per heavy atom. The Hall–Kier alpha value is -2.09. The number of rotatable bonds is 7. The van der Waals surface area contributed by atoms with E-state index in [1.807, 2.05) is 0 Å². The normalized spacial score (nSPS) is 18.6. The van der Waals surface area contributed by atoms with Crippen LogP contribution in [0.4, 0.5) is 13.2 Å². The lowest BCUT2D eigenvalue weighted by atomic mass is 9.91.